The smallest absolute Gasteiger partial charge is 0.402 e. The highest BCUT2D eigenvalue weighted by Crippen LogP contribution is 2.21. The van der Waals surface area contributed by atoms with Gasteiger partial charge < -0.3 is 15.1 Å². The lowest BCUT2D eigenvalue weighted by molar-refractivity contribution is 0.278. The van der Waals surface area contributed by atoms with Crippen LogP contribution in [0.3, 0.4) is 0 Å². The lowest BCUT2D eigenvalue weighted by atomic mass is 10.1. The van der Waals surface area contributed by atoms with E-state index in [-0.39, 0.29) is 0 Å². The molecule has 0 aliphatic carbocycles. The van der Waals surface area contributed by atoms with Crippen LogP contribution >= 0.6 is 11.6 Å². The molecule has 0 unspecified atom stereocenters. The van der Waals surface area contributed by atoms with E-state index < -0.39 is 7.32 Å². The van der Waals surface area contributed by atoms with Crippen LogP contribution in [0.1, 0.15) is 0 Å². The van der Waals surface area contributed by atoms with E-state index in [1.807, 2.05) is 30.3 Å². The van der Waals surface area contributed by atoms with E-state index in [1.165, 1.54) is 5.39 Å². The van der Waals surface area contributed by atoms with Gasteiger partial charge in [0.2, 0.25) is 0 Å². The Bertz CT molecular complexity index is 426. The fourth-order valence-electron chi connectivity index (χ4n) is 1.19. The molecule has 0 aliphatic heterocycles. The zero-order valence-corrected chi connectivity index (χ0v) is 8.59. The second-order valence-corrected chi connectivity index (χ2v) is 3.21. The number of hydrogen-bond donors (Lipinski definition) is 3. The molecule has 0 aromatic heterocycles. The van der Waals surface area contributed by atoms with Crippen LogP contribution in [-0.2, 0) is 0 Å². The van der Waals surface area contributed by atoms with Crippen molar-refractivity contribution in [2.75, 3.05) is 0 Å². The molecule has 2 aromatic carbocycles. The molecule has 3 N–H and O–H groups in total. The van der Waals surface area contributed by atoms with Crippen LogP contribution in [0.4, 0.5) is 0 Å². The number of benzene rings is 2. The van der Waals surface area contributed by atoms with Gasteiger partial charge in [-0.2, -0.15) is 0 Å². The minimum atomic E-state index is -2.17. The van der Waals surface area contributed by atoms with Gasteiger partial charge in [-0.3, -0.25) is 0 Å². The Labute approximate surface area is 92.7 Å². The van der Waals surface area contributed by atoms with E-state index in [9.17, 15) is 0 Å². The molecule has 0 saturated heterocycles. The Kier molecular flexibility index (Phi) is 4.58. The lowest BCUT2D eigenvalue weighted by Crippen LogP contribution is -2.07. The SMILES string of the molecule is Clc1cccc2ccccc12.OB(O)O. The predicted octanol–water partition coefficient (Wildman–Crippen LogP) is 1.44. The molecule has 5 heteroatoms. The van der Waals surface area contributed by atoms with Crippen LogP contribution in [0.25, 0.3) is 10.8 Å². The second kappa shape index (κ2) is 5.73. The Morgan fingerprint density at radius 2 is 1.40 bits per heavy atom. The van der Waals surface area contributed by atoms with Gasteiger partial charge in [0.05, 0.1) is 0 Å². The molecular formula is C10H10BClO3. The van der Waals surface area contributed by atoms with Crippen LogP contribution in [0.2, 0.25) is 5.02 Å². The van der Waals surface area contributed by atoms with Crippen molar-refractivity contribution in [1.29, 1.82) is 0 Å². The summed E-state index contributed by atoms with van der Waals surface area (Å²) in [5.41, 5.74) is 0. The van der Waals surface area contributed by atoms with Crippen molar-refractivity contribution in [3.8, 4) is 0 Å². The van der Waals surface area contributed by atoms with Gasteiger partial charge in [-0.15, -0.1) is 0 Å². The summed E-state index contributed by atoms with van der Waals surface area (Å²) in [6.07, 6.45) is 0. The Morgan fingerprint density at radius 3 is 2.00 bits per heavy atom. The van der Waals surface area contributed by atoms with Crippen molar-refractivity contribution >= 4 is 29.7 Å². The molecule has 0 spiro atoms. The van der Waals surface area contributed by atoms with Gasteiger partial charge in [0, 0.05) is 10.4 Å². The molecule has 0 aliphatic rings. The second-order valence-electron chi connectivity index (χ2n) is 2.81. The van der Waals surface area contributed by atoms with E-state index in [4.69, 9.17) is 26.7 Å². The largest absolute Gasteiger partial charge is 0.631 e. The van der Waals surface area contributed by atoms with Crippen molar-refractivity contribution in [2.24, 2.45) is 0 Å². The van der Waals surface area contributed by atoms with Gasteiger partial charge in [0.25, 0.3) is 0 Å². The highest BCUT2D eigenvalue weighted by Gasteiger charge is 1.94. The van der Waals surface area contributed by atoms with Crippen molar-refractivity contribution in [3.63, 3.8) is 0 Å². The van der Waals surface area contributed by atoms with Crippen LogP contribution in [0, 0.1) is 0 Å². The Balaban J connectivity index is 0.000000245. The number of hydrogen-bond acceptors (Lipinski definition) is 3. The van der Waals surface area contributed by atoms with Gasteiger partial charge in [-0.25, -0.2) is 0 Å². The molecule has 0 atom stereocenters. The molecule has 0 bridgehead atoms. The zero-order chi connectivity index (χ0) is 11.3. The number of halogens is 1. The molecule has 15 heavy (non-hydrogen) atoms. The summed E-state index contributed by atoms with van der Waals surface area (Å²) < 4.78 is 0. The molecular weight excluding hydrogens is 214 g/mol. The first-order chi connectivity index (χ1) is 7.11. The zero-order valence-electron chi connectivity index (χ0n) is 7.84. The summed E-state index contributed by atoms with van der Waals surface area (Å²) >= 11 is 5.96. The van der Waals surface area contributed by atoms with Gasteiger partial charge in [-0.1, -0.05) is 48.0 Å². The minimum Gasteiger partial charge on any atom is -0.402 e. The summed E-state index contributed by atoms with van der Waals surface area (Å²) in [5.74, 6) is 0. The average molecular weight is 224 g/mol. The molecule has 0 radical (unpaired) electrons. The van der Waals surface area contributed by atoms with Crippen LogP contribution in [0.5, 0.6) is 0 Å². The van der Waals surface area contributed by atoms with E-state index in [0.29, 0.717) is 0 Å². The van der Waals surface area contributed by atoms with Crippen molar-refractivity contribution in [3.05, 3.63) is 47.5 Å². The molecule has 0 amide bonds. The standard InChI is InChI=1S/C10H7Cl.BH3O3/c11-10-7-3-5-8-4-1-2-6-9(8)10;2-1(3)4/h1-7H;2-4H. The molecule has 0 heterocycles. The van der Waals surface area contributed by atoms with Crippen molar-refractivity contribution in [1.82, 2.24) is 0 Å². The first kappa shape index (κ1) is 12.0. The Morgan fingerprint density at radius 1 is 0.867 bits per heavy atom. The molecule has 2 aromatic rings. The van der Waals surface area contributed by atoms with Gasteiger partial charge >= 0.3 is 7.32 Å². The summed E-state index contributed by atoms with van der Waals surface area (Å²) in [6.45, 7) is 0. The highest BCUT2D eigenvalue weighted by molar-refractivity contribution is 6.35. The number of fused-ring (bicyclic) bond motifs is 1. The predicted molar refractivity (Wildman–Crippen MR) is 61.4 cm³/mol. The summed E-state index contributed by atoms with van der Waals surface area (Å²) in [4.78, 5) is 0. The van der Waals surface area contributed by atoms with E-state index in [1.54, 1.807) is 0 Å². The molecule has 0 fully saturated rings. The van der Waals surface area contributed by atoms with E-state index >= 15 is 0 Å². The summed E-state index contributed by atoms with van der Waals surface area (Å²) in [7, 11) is -2.17. The third kappa shape index (κ3) is 3.89. The average Bonchev–Trinajstić information content (AvgIpc) is 2.18. The highest BCUT2D eigenvalue weighted by atomic mass is 35.5. The topological polar surface area (TPSA) is 60.7 Å². The third-order valence-electron chi connectivity index (χ3n) is 1.74. The normalized spacial score (nSPS) is 9.33. The van der Waals surface area contributed by atoms with E-state index in [0.717, 1.165) is 10.4 Å². The van der Waals surface area contributed by atoms with Gasteiger partial charge in [0.15, 0.2) is 0 Å². The fraction of sp³-hybridized carbons (Fsp3) is 0. The maximum absolute atomic E-state index is 7.17. The monoisotopic (exact) mass is 224 g/mol. The maximum Gasteiger partial charge on any atom is 0.631 e. The number of rotatable bonds is 0. The summed E-state index contributed by atoms with van der Waals surface area (Å²) in [5, 5.41) is 24.6. The van der Waals surface area contributed by atoms with Crippen LogP contribution < -0.4 is 0 Å². The summed E-state index contributed by atoms with van der Waals surface area (Å²) in [6, 6.07) is 14.0. The molecule has 0 saturated carbocycles. The first-order valence-corrected chi connectivity index (χ1v) is 4.66. The molecule has 2 rings (SSSR count). The van der Waals surface area contributed by atoms with Crippen molar-refractivity contribution in [2.45, 2.75) is 0 Å². The van der Waals surface area contributed by atoms with E-state index in [2.05, 4.69) is 12.1 Å². The van der Waals surface area contributed by atoms with Crippen LogP contribution in [-0.4, -0.2) is 22.4 Å². The third-order valence-corrected chi connectivity index (χ3v) is 2.07. The quantitative estimate of drug-likeness (QED) is 0.594. The lowest BCUT2D eigenvalue weighted by Gasteiger charge is -1.97. The molecule has 78 valence electrons. The van der Waals surface area contributed by atoms with Gasteiger partial charge in [-0.05, 0) is 11.5 Å². The van der Waals surface area contributed by atoms with Gasteiger partial charge in [0.1, 0.15) is 0 Å². The molecule has 3 nitrogen and oxygen atoms in total. The Hall–Kier alpha value is -1.07. The maximum atomic E-state index is 7.17. The fourth-order valence-corrected chi connectivity index (χ4v) is 1.43. The van der Waals surface area contributed by atoms with Crippen molar-refractivity contribution < 1.29 is 15.1 Å². The first-order valence-electron chi connectivity index (χ1n) is 4.28. The van der Waals surface area contributed by atoms with Crippen LogP contribution in [0.15, 0.2) is 42.5 Å². The minimum absolute atomic E-state index is 0.822.